The molecular formula is C12H22O2. The van der Waals surface area contributed by atoms with Gasteiger partial charge in [0, 0.05) is 5.57 Å². The highest BCUT2D eigenvalue weighted by molar-refractivity contribution is 5.85. The van der Waals surface area contributed by atoms with Crippen LogP contribution >= 0.6 is 0 Å². The highest BCUT2D eigenvalue weighted by Gasteiger charge is 2.19. The van der Waals surface area contributed by atoms with E-state index in [1.54, 1.807) is 6.92 Å². The van der Waals surface area contributed by atoms with E-state index in [0.717, 1.165) is 25.7 Å². The number of carboxylic acids is 1. The molecule has 0 radical (unpaired) electrons. The van der Waals surface area contributed by atoms with Crippen LogP contribution in [0.2, 0.25) is 0 Å². The number of hydrogen-bond donors (Lipinski definition) is 1. The van der Waals surface area contributed by atoms with Crippen molar-refractivity contribution in [2.75, 3.05) is 0 Å². The number of rotatable bonds is 6. The summed E-state index contributed by atoms with van der Waals surface area (Å²) >= 11 is 0. The number of carboxylic acid groups (broad SMARTS) is 1. The summed E-state index contributed by atoms with van der Waals surface area (Å²) in [6.07, 6.45) is 6.14. The first kappa shape index (κ1) is 13.2. The van der Waals surface area contributed by atoms with Gasteiger partial charge < -0.3 is 5.11 Å². The largest absolute Gasteiger partial charge is 0.478 e. The summed E-state index contributed by atoms with van der Waals surface area (Å²) in [5, 5.41) is 8.71. The Morgan fingerprint density at radius 3 is 2.36 bits per heavy atom. The molecule has 0 aromatic carbocycles. The average Bonchev–Trinajstić information content (AvgIpc) is 2.14. The summed E-state index contributed by atoms with van der Waals surface area (Å²) in [6.45, 7) is 8.22. The Kier molecular flexibility index (Phi) is 5.51. The second-order valence-corrected chi connectivity index (χ2v) is 4.31. The normalized spacial score (nSPS) is 16.4. The first-order valence-electron chi connectivity index (χ1n) is 5.35. The number of hydrogen-bond acceptors (Lipinski definition) is 1. The number of allylic oxidation sites excluding steroid dienone is 1. The minimum atomic E-state index is -0.806. The van der Waals surface area contributed by atoms with Crippen molar-refractivity contribution in [3.63, 3.8) is 0 Å². The van der Waals surface area contributed by atoms with Crippen LogP contribution < -0.4 is 0 Å². The van der Waals surface area contributed by atoms with Crippen molar-refractivity contribution in [1.29, 1.82) is 0 Å². The zero-order chi connectivity index (χ0) is 11.2. The molecule has 0 fully saturated rings. The molecule has 1 atom stereocenters. The van der Waals surface area contributed by atoms with Crippen LogP contribution in [0.25, 0.3) is 0 Å². The van der Waals surface area contributed by atoms with Gasteiger partial charge in [0.2, 0.25) is 0 Å². The molecule has 0 aliphatic heterocycles. The van der Waals surface area contributed by atoms with Crippen LogP contribution in [0.1, 0.15) is 53.4 Å². The molecule has 0 saturated heterocycles. The Morgan fingerprint density at radius 2 is 2.00 bits per heavy atom. The van der Waals surface area contributed by atoms with Gasteiger partial charge in [-0.25, -0.2) is 4.79 Å². The summed E-state index contributed by atoms with van der Waals surface area (Å²) < 4.78 is 0. The lowest BCUT2D eigenvalue weighted by Crippen LogP contribution is -2.14. The lowest BCUT2D eigenvalue weighted by atomic mass is 9.79. The monoisotopic (exact) mass is 198 g/mol. The van der Waals surface area contributed by atoms with Crippen molar-refractivity contribution >= 4 is 5.97 Å². The van der Waals surface area contributed by atoms with Gasteiger partial charge in [-0.2, -0.15) is 0 Å². The highest BCUT2D eigenvalue weighted by Crippen LogP contribution is 2.32. The van der Waals surface area contributed by atoms with Crippen molar-refractivity contribution in [3.05, 3.63) is 11.6 Å². The van der Waals surface area contributed by atoms with Crippen LogP contribution in [0.4, 0.5) is 0 Å². The van der Waals surface area contributed by atoms with Gasteiger partial charge in [0.1, 0.15) is 0 Å². The summed E-state index contributed by atoms with van der Waals surface area (Å²) in [4.78, 5) is 10.6. The Balaban J connectivity index is 4.32. The third kappa shape index (κ3) is 4.45. The van der Waals surface area contributed by atoms with Crippen molar-refractivity contribution in [2.24, 2.45) is 5.41 Å². The predicted molar refractivity (Wildman–Crippen MR) is 59.3 cm³/mol. The molecule has 0 amide bonds. The summed E-state index contributed by atoms with van der Waals surface area (Å²) in [5.74, 6) is -0.806. The summed E-state index contributed by atoms with van der Waals surface area (Å²) in [7, 11) is 0. The molecule has 0 aromatic rings. The Hall–Kier alpha value is -0.790. The Labute approximate surface area is 87.0 Å². The molecule has 0 aliphatic carbocycles. The highest BCUT2D eigenvalue weighted by atomic mass is 16.4. The van der Waals surface area contributed by atoms with E-state index in [4.69, 9.17) is 5.11 Å². The van der Waals surface area contributed by atoms with Crippen LogP contribution in [0.3, 0.4) is 0 Å². The number of aliphatic carboxylic acids is 1. The molecule has 2 heteroatoms. The minimum absolute atomic E-state index is 0.269. The second-order valence-electron chi connectivity index (χ2n) is 4.31. The van der Waals surface area contributed by atoms with Crippen molar-refractivity contribution in [1.82, 2.24) is 0 Å². The van der Waals surface area contributed by atoms with Gasteiger partial charge in [0.15, 0.2) is 0 Å². The molecule has 0 saturated carbocycles. The predicted octanol–water partition coefficient (Wildman–Crippen LogP) is 3.62. The smallest absolute Gasteiger partial charge is 0.330 e. The molecule has 2 nitrogen and oxygen atoms in total. The topological polar surface area (TPSA) is 37.3 Å². The van der Waals surface area contributed by atoms with Gasteiger partial charge in [0.25, 0.3) is 0 Å². The molecule has 0 aliphatic rings. The molecule has 0 heterocycles. The minimum Gasteiger partial charge on any atom is -0.478 e. The fraction of sp³-hybridized carbons (Fsp3) is 0.750. The quantitative estimate of drug-likeness (QED) is 0.662. The van der Waals surface area contributed by atoms with Crippen LogP contribution in [-0.2, 0) is 4.79 Å². The average molecular weight is 198 g/mol. The maximum Gasteiger partial charge on any atom is 0.330 e. The maximum absolute atomic E-state index is 10.6. The van der Waals surface area contributed by atoms with Crippen LogP contribution in [-0.4, -0.2) is 11.1 Å². The lowest BCUT2D eigenvalue weighted by Gasteiger charge is -2.26. The molecule has 0 bridgehead atoms. The van der Waals surface area contributed by atoms with E-state index in [1.165, 1.54) is 0 Å². The van der Waals surface area contributed by atoms with E-state index in [9.17, 15) is 4.79 Å². The molecule has 1 unspecified atom stereocenters. The standard InChI is InChI=1S/C12H22O2/c1-5-8-12(4,6-2)9-7-10(3)11(13)14/h7H,5-6,8-9H2,1-4H3,(H,13,14). The van der Waals surface area contributed by atoms with Gasteiger partial charge in [-0.05, 0) is 25.2 Å². The fourth-order valence-electron chi connectivity index (χ4n) is 1.51. The fourth-order valence-corrected chi connectivity index (χ4v) is 1.51. The van der Waals surface area contributed by atoms with Gasteiger partial charge in [-0.1, -0.05) is 39.7 Å². The lowest BCUT2D eigenvalue weighted by molar-refractivity contribution is -0.132. The van der Waals surface area contributed by atoms with E-state index < -0.39 is 5.97 Å². The first-order chi connectivity index (χ1) is 6.45. The molecular weight excluding hydrogens is 176 g/mol. The van der Waals surface area contributed by atoms with Crippen LogP contribution in [0.5, 0.6) is 0 Å². The summed E-state index contributed by atoms with van der Waals surface area (Å²) in [6, 6.07) is 0. The Morgan fingerprint density at radius 1 is 1.43 bits per heavy atom. The van der Waals surface area contributed by atoms with Crippen LogP contribution in [0, 0.1) is 5.41 Å². The maximum atomic E-state index is 10.6. The van der Waals surface area contributed by atoms with Gasteiger partial charge in [-0.3, -0.25) is 0 Å². The van der Waals surface area contributed by atoms with Crippen molar-refractivity contribution < 1.29 is 9.90 Å². The van der Waals surface area contributed by atoms with Gasteiger partial charge >= 0.3 is 5.97 Å². The third-order valence-corrected chi connectivity index (χ3v) is 2.95. The summed E-state index contributed by atoms with van der Waals surface area (Å²) in [5.41, 5.74) is 0.728. The van der Waals surface area contributed by atoms with Gasteiger partial charge in [-0.15, -0.1) is 0 Å². The van der Waals surface area contributed by atoms with Crippen molar-refractivity contribution in [2.45, 2.75) is 53.4 Å². The molecule has 14 heavy (non-hydrogen) atoms. The van der Waals surface area contributed by atoms with Crippen molar-refractivity contribution in [3.8, 4) is 0 Å². The van der Waals surface area contributed by atoms with Gasteiger partial charge in [0.05, 0.1) is 0 Å². The zero-order valence-corrected chi connectivity index (χ0v) is 9.76. The zero-order valence-electron chi connectivity index (χ0n) is 9.76. The molecule has 1 N–H and O–H groups in total. The number of carbonyl (C=O) groups is 1. The van der Waals surface area contributed by atoms with E-state index in [1.807, 2.05) is 6.08 Å². The van der Waals surface area contributed by atoms with E-state index >= 15 is 0 Å². The first-order valence-corrected chi connectivity index (χ1v) is 5.35. The Bertz CT molecular complexity index is 218. The van der Waals surface area contributed by atoms with E-state index in [2.05, 4.69) is 20.8 Å². The second kappa shape index (κ2) is 5.84. The van der Waals surface area contributed by atoms with E-state index in [-0.39, 0.29) is 5.41 Å². The molecule has 0 aromatic heterocycles. The molecule has 0 spiro atoms. The SMILES string of the molecule is CCCC(C)(CC)CC=C(C)C(=O)O. The third-order valence-electron chi connectivity index (χ3n) is 2.95. The molecule has 82 valence electrons. The van der Waals surface area contributed by atoms with Crippen LogP contribution in [0.15, 0.2) is 11.6 Å². The molecule has 0 rings (SSSR count). The van der Waals surface area contributed by atoms with E-state index in [0.29, 0.717) is 5.57 Å².